The zero-order valence-electron chi connectivity index (χ0n) is 14.0. The molecular weight excluding hydrogens is 363 g/mol. The molecule has 0 unspecified atom stereocenters. The van der Waals surface area contributed by atoms with E-state index >= 15 is 0 Å². The van der Waals surface area contributed by atoms with Crippen LogP contribution in [0.1, 0.15) is 11.4 Å². The van der Waals surface area contributed by atoms with Gasteiger partial charge in [-0.1, -0.05) is 29.3 Å². The number of halogens is 2. The SMILES string of the molecule is COc1cc2nc(C)n(Cc3ccc(Cl)cc3Cl)c(=O)c2cc1OC. The summed E-state index contributed by atoms with van der Waals surface area (Å²) >= 11 is 12.2. The normalized spacial score (nSPS) is 10.9. The van der Waals surface area contributed by atoms with Gasteiger partial charge in [0.15, 0.2) is 11.5 Å². The molecule has 2 aromatic carbocycles. The average molecular weight is 379 g/mol. The molecule has 0 saturated heterocycles. The lowest BCUT2D eigenvalue weighted by Gasteiger charge is -2.14. The third kappa shape index (κ3) is 3.30. The number of fused-ring (bicyclic) bond motifs is 1. The second-order valence-corrected chi connectivity index (χ2v) is 6.35. The van der Waals surface area contributed by atoms with Crippen molar-refractivity contribution in [3.63, 3.8) is 0 Å². The fourth-order valence-corrected chi connectivity index (χ4v) is 3.13. The molecule has 0 bridgehead atoms. The van der Waals surface area contributed by atoms with Crippen LogP contribution in [-0.2, 0) is 6.54 Å². The summed E-state index contributed by atoms with van der Waals surface area (Å²) in [6.45, 7) is 2.08. The van der Waals surface area contributed by atoms with Crippen molar-refractivity contribution in [3.05, 3.63) is 62.1 Å². The molecule has 0 radical (unpaired) electrons. The fourth-order valence-electron chi connectivity index (χ4n) is 2.67. The van der Waals surface area contributed by atoms with Gasteiger partial charge in [-0.25, -0.2) is 4.98 Å². The van der Waals surface area contributed by atoms with Gasteiger partial charge in [-0.3, -0.25) is 9.36 Å². The molecule has 0 fully saturated rings. The van der Waals surface area contributed by atoms with Crippen LogP contribution in [0.15, 0.2) is 35.1 Å². The molecule has 3 aromatic rings. The minimum atomic E-state index is -0.172. The number of aryl methyl sites for hydroxylation is 1. The van der Waals surface area contributed by atoms with E-state index in [-0.39, 0.29) is 5.56 Å². The third-order valence-electron chi connectivity index (χ3n) is 3.99. The maximum atomic E-state index is 13.0. The first-order chi connectivity index (χ1) is 11.9. The van der Waals surface area contributed by atoms with Crippen molar-refractivity contribution in [2.45, 2.75) is 13.5 Å². The smallest absolute Gasteiger partial charge is 0.261 e. The molecule has 0 spiro atoms. The highest BCUT2D eigenvalue weighted by molar-refractivity contribution is 6.35. The number of hydrogen-bond acceptors (Lipinski definition) is 4. The lowest BCUT2D eigenvalue weighted by Crippen LogP contribution is -2.24. The topological polar surface area (TPSA) is 53.4 Å². The van der Waals surface area contributed by atoms with Crippen molar-refractivity contribution in [1.29, 1.82) is 0 Å². The molecule has 25 heavy (non-hydrogen) atoms. The quantitative estimate of drug-likeness (QED) is 0.686. The first kappa shape index (κ1) is 17.6. The van der Waals surface area contributed by atoms with E-state index < -0.39 is 0 Å². The molecule has 0 aliphatic carbocycles. The summed E-state index contributed by atoms with van der Waals surface area (Å²) < 4.78 is 12.1. The Labute approximate surface area is 154 Å². The molecule has 1 heterocycles. The number of methoxy groups -OCH3 is 2. The third-order valence-corrected chi connectivity index (χ3v) is 4.58. The lowest BCUT2D eigenvalue weighted by atomic mass is 10.2. The van der Waals surface area contributed by atoms with Gasteiger partial charge < -0.3 is 9.47 Å². The minimum absolute atomic E-state index is 0.172. The first-order valence-electron chi connectivity index (χ1n) is 7.51. The van der Waals surface area contributed by atoms with Crippen LogP contribution in [0.25, 0.3) is 10.9 Å². The zero-order valence-corrected chi connectivity index (χ0v) is 15.5. The van der Waals surface area contributed by atoms with Gasteiger partial charge in [0.2, 0.25) is 0 Å². The van der Waals surface area contributed by atoms with E-state index in [1.54, 1.807) is 48.9 Å². The van der Waals surface area contributed by atoms with Gasteiger partial charge in [-0.2, -0.15) is 0 Å². The average Bonchev–Trinajstić information content (AvgIpc) is 2.59. The maximum absolute atomic E-state index is 13.0. The molecular formula is C18H16Cl2N2O3. The molecule has 130 valence electrons. The maximum Gasteiger partial charge on any atom is 0.261 e. The molecule has 0 aliphatic heterocycles. The van der Waals surface area contributed by atoms with Crippen molar-refractivity contribution in [2.24, 2.45) is 0 Å². The van der Waals surface area contributed by atoms with Gasteiger partial charge in [0.1, 0.15) is 5.82 Å². The van der Waals surface area contributed by atoms with E-state index in [2.05, 4.69) is 4.98 Å². The summed E-state index contributed by atoms with van der Waals surface area (Å²) in [5, 5.41) is 1.51. The van der Waals surface area contributed by atoms with E-state index in [1.165, 1.54) is 7.11 Å². The largest absolute Gasteiger partial charge is 0.493 e. The Morgan fingerprint density at radius 2 is 1.76 bits per heavy atom. The predicted molar refractivity (Wildman–Crippen MR) is 99.4 cm³/mol. The van der Waals surface area contributed by atoms with E-state index in [1.807, 2.05) is 0 Å². The van der Waals surface area contributed by atoms with E-state index in [0.29, 0.717) is 44.8 Å². The fraction of sp³-hybridized carbons (Fsp3) is 0.222. The van der Waals surface area contributed by atoms with E-state index in [0.717, 1.165) is 5.56 Å². The van der Waals surface area contributed by atoms with Gasteiger partial charge in [0.25, 0.3) is 5.56 Å². The Hall–Kier alpha value is -2.24. The molecule has 0 N–H and O–H groups in total. The van der Waals surface area contributed by atoms with E-state index in [4.69, 9.17) is 32.7 Å². The summed E-state index contributed by atoms with van der Waals surface area (Å²) in [7, 11) is 3.07. The van der Waals surface area contributed by atoms with Crippen molar-refractivity contribution in [3.8, 4) is 11.5 Å². The predicted octanol–water partition coefficient (Wildman–Crippen LogP) is 4.08. The van der Waals surface area contributed by atoms with Crippen molar-refractivity contribution in [2.75, 3.05) is 14.2 Å². The van der Waals surface area contributed by atoms with Crippen LogP contribution in [0.4, 0.5) is 0 Å². The highest BCUT2D eigenvalue weighted by Crippen LogP contribution is 2.30. The van der Waals surface area contributed by atoms with Crippen molar-refractivity contribution in [1.82, 2.24) is 9.55 Å². The molecule has 7 heteroatoms. The summed E-state index contributed by atoms with van der Waals surface area (Å²) in [6.07, 6.45) is 0. The molecule has 0 amide bonds. The Balaban J connectivity index is 2.17. The minimum Gasteiger partial charge on any atom is -0.493 e. The number of benzene rings is 2. The Kier molecular flexibility index (Phi) is 4.88. The van der Waals surface area contributed by atoms with Crippen molar-refractivity contribution < 1.29 is 9.47 Å². The van der Waals surface area contributed by atoms with Gasteiger partial charge >= 0.3 is 0 Å². The molecule has 5 nitrogen and oxygen atoms in total. The molecule has 1 aromatic heterocycles. The van der Waals surface area contributed by atoms with Crippen LogP contribution in [0, 0.1) is 6.92 Å². The summed E-state index contributed by atoms with van der Waals surface area (Å²) in [5.41, 5.74) is 1.17. The monoisotopic (exact) mass is 378 g/mol. The van der Waals surface area contributed by atoms with Crippen LogP contribution in [0.3, 0.4) is 0 Å². The van der Waals surface area contributed by atoms with Gasteiger partial charge in [-0.05, 0) is 30.7 Å². The van der Waals surface area contributed by atoms with Crippen LogP contribution < -0.4 is 15.0 Å². The van der Waals surface area contributed by atoms with E-state index in [9.17, 15) is 4.79 Å². The summed E-state index contributed by atoms with van der Waals surface area (Å²) in [5.74, 6) is 1.59. The highest BCUT2D eigenvalue weighted by atomic mass is 35.5. The number of nitrogens with zero attached hydrogens (tertiary/aromatic N) is 2. The summed E-state index contributed by atoms with van der Waals surface area (Å²) in [4.78, 5) is 17.5. The summed E-state index contributed by atoms with van der Waals surface area (Å²) in [6, 6.07) is 8.53. The first-order valence-corrected chi connectivity index (χ1v) is 8.27. The lowest BCUT2D eigenvalue weighted by molar-refractivity contribution is 0.355. The number of hydrogen-bond donors (Lipinski definition) is 0. The van der Waals surface area contributed by atoms with Gasteiger partial charge in [0.05, 0.1) is 31.7 Å². The Morgan fingerprint density at radius 1 is 1.08 bits per heavy atom. The number of rotatable bonds is 4. The second kappa shape index (κ2) is 6.94. The van der Waals surface area contributed by atoms with Gasteiger partial charge in [-0.15, -0.1) is 0 Å². The van der Waals surface area contributed by atoms with Crippen molar-refractivity contribution >= 4 is 34.1 Å². The van der Waals surface area contributed by atoms with Crippen LogP contribution in [0.5, 0.6) is 11.5 Å². The van der Waals surface area contributed by atoms with Crippen LogP contribution >= 0.6 is 23.2 Å². The Morgan fingerprint density at radius 3 is 2.40 bits per heavy atom. The molecule has 0 aliphatic rings. The number of aromatic nitrogens is 2. The Bertz CT molecular complexity index is 1020. The number of ether oxygens (including phenoxy) is 2. The zero-order chi connectivity index (χ0) is 18.1. The second-order valence-electron chi connectivity index (χ2n) is 5.51. The highest BCUT2D eigenvalue weighted by Gasteiger charge is 2.14. The standard InChI is InChI=1S/C18H16Cl2N2O3/c1-10-21-15-8-17(25-3)16(24-2)7-13(15)18(23)22(10)9-11-4-5-12(19)6-14(11)20/h4-8H,9H2,1-3H3. The molecule has 0 saturated carbocycles. The van der Waals surface area contributed by atoms with Gasteiger partial charge in [0, 0.05) is 16.1 Å². The molecule has 3 rings (SSSR count). The van der Waals surface area contributed by atoms with Crippen LogP contribution in [-0.4, -0.2) is 23.8 Å². The molecule has 0 atom stereocenters. The van der Waals surface area contributed by atoms with Crippen LogP contribution in [0.2, 0.25) is 10.0 Å².